The summed E-state index contributed by atoms with van der Waals surface area (Å²) < 4.78 is 17.7. The van der Waals surface area contributed by atoms with Crippen molar-refractivity contribution in [2.45, 2.75) is 207 Å². The lowest BCUT2D eigenvalue weighted by molar-refractivity contribution is -0.150. The molecule has 4 heteroatoms. The average Bonchev–Trinajstić information content (AvgIpc) is 2.98. The Morgan fingerprint density at radius 2 is 0.805 bits per heavy atom. The molecule has 0 fully saturated rings. The molecule has 0 aliphatic rings. The highest BCUT2D eigenvalue weighted by Gasteiger charge is 2.13. The van der Waals surface area contributed by atoms with Gasteiger partial charge in [-0.25, -0.2) is 0 Å². The number of carbonyl (C=O) groups excluding carboxylic acids is 1. The predicted molar refractivity (Wildman–Crippen MR) is 178 cm³/mol. The highest BCUT2D eigenvalue weighted by molar-refractivity contribution is 5.69. The van der Waals surface area contributed by atoms with Crippen LogP contribution in [0, 0.1) is 0 Å². The minimum atomic E-state index is -0.144. The van der Waals surface area contributed by atoms with E-state index in [1.54, 1.807) is 0 Å². The van der Waals surface area contributed by atoms with Crippen LogP contribution in [-0.4, -0.2) is 38.5 Å². The van der Waals surface area contributed by atoms with Crippen LogP contribution in [0.25, 0.3) is 0 Å². The molecule has 0 aliphatic carbocycles. The molecular formula is C37H74O4. The van der Waals surface area contributed by atoms with Crippen LogP contribution < -0.4 is 0 Å². The van der Waals surface area contributed by atoms with Crippen LogP contribution in [0.15, 0.2) is 0 Å². The van der Waals surface area contributed by atoms with Crippen molar-refractivity contribution in [2.24, 2.45) is 0 Å². The first kappa shape index (κ1) is 40.4. The molecule has 0 amide bonds. The molecule has 0 aromatic heterocycles. The van der Waals surface area contributed by atoms with E-state index in [2.05, 4.69) is 20.8 Å². The lowest BCUT2D eigenvalue weighted by Gasteiger charge is -2.18. The zero-order valence-electron chi connectivity index (χ0n) is 28.3. The molecule has 0 aromatic carbocycles. The number of hydrogen-bond donors (Lipinski definition) is 0. The standard InChI is InChI=1S/C37H74O4/c1-4-7-10-13-16-19-22-25-28-31-37(38)41-35-36(40-33-30-27-24-21-18-15-12-9-6-3)34-39-32-29-26-23-20-17-14-11-8-5-2/h36H,4-35H2,1-3H3. The van der Waals surface area contributed by atoms with Crippen LogP contribution in [-0.2, 0) is 19.0 Å². The summed E-state index contributed by atoms with van der Waals surface area (Å²) in [6.45, 7) is 9.17. The van der Waals surface area contributed by atoms with Gasteiger partial charge in [-0.05, 0) is 19.3 Å². The number of carbonyl (C=O) groups is 1. The molecule has 0 aliphatic heterocycles. The van der Waals surface area contributed by atoms with E-state index in [4.69, 9.17) is 14.2 Å². The zero-order chi connectivity index (χ0) is 29.9. The summed E-state index contributed by atoms with van der Waals surface area (Å²) in [5.41, 5.74) is 0. The van der Waals surface area contributed by atoms with Gasteiger partial charge in [0.05, 0.1) is 6.61 Å². The molecule has 0 N–H and O–H groups in total. The number of rotatable bonds is 35. The van der Waals surface area contributed by atoms with E-state index in [-0.39, 0.29) is 12.1 Å². The van der Waals surface area contributed by atoms with Gasteiger partial charge in [-0.3, -0.25) is 4.79 Å². The molecule has 41 heavy (non-hydrogen) atoms. The summed E-state index contributed by atoms with van der Waals surface area (Å²) in [5.74, 6) is -0.0800. The zero-order valence-corrected chi connectivity index (χ0v) is 28.3. The topological polar surface area (TPSA) is 44.8 Å². The third kappa shape index (κ3) is 33.8. The van der Waals surface area contributed by atoms with Crippen LogP contribution in [0.2, 0.25) is 0 Å². The normalized spacial score (nSPS) is 12.2. The van der Waals surface area contributed by atoms with Crippen LogP contribution >= 0.6 is 0 Å². The van der Waals surface area contributed by atoms with E-state index in [0.29, 0.717) is 19.6 Å². The fourth-order valence-corrected chi connectivity index (χ4v) is 5.37. The monoisotopic (exact) mass is 583 g/mol. The van der Waals surface area contributed by atoms with Gasteiger partial charge < -0.3 is 14.2 Å². The Hall–Kier alpha value is -0.610. The predicted octanol–water partition coefficient (Wildman–Crippen LogP) is 11.9. The third-order valence-corrected chi connectivity index (χ3v) is 8.21. The molecule has 0 rings (SSSR count). The van der Waals surface area contributed by atoms with Crippen LogP contribution in [0.4, 0.5) is 0 Å². The number of esters is 1. The van der Waals surface area contributed by atoms with Crippen molar-refractivity contribution in [2.75, 3.05) is 26.4 Å². The number of unbranched alkanes of at least 4 members (excludes halogenated alkanes) is 24. The Morgan fingerprint density at radius 1 is 0.439 bits per heavy atom. The Bertz CT molecular complexity index is 495. The van der Waals surface area contributed by atoms with E-state index in [9.17, 15) is 4.79 Å². The van der Waals surface area contributed by atoms with Crippen LogP contribution in [0.5, 0.6) is 0 Å². The molecule has 1 atom stereocenters. The quantitative estimate of drug-likeness (QED) is 0.0550. The first-order valence-corrected chi connectivity index (χ1v) is 18.6. The first-order chi connectivity index (χ1) is 20.2. The highest BCUT2D eigenvalue weighted by atomic mass is 16.6. The molecule has 0 spiro atoms. The highest BCUT2D eigenvalue weighted by Crippen LogP contribution is 2.13. The second-order valence-electron chi connectivity index (χ2n) is 12.5. The lowest BCUT2D eigenvalue weighted by Crippen LogP contribution is -2.28. The summed E-state index contributed by atoms with van der Waals surface area (Å²) in [7, 11) is 0. The Morgan fingerprint density at radius 3 is 1.24 bits per heavy atom. The van der Waals surface area contributed by atoms with E-state index in [1.165, 1.54) is 148 Å². The van der Waals surface area contributed by atoms with E-state index < -0.39 is 0 Å². The SMILES string of the molecule is CCCCCCCCCCCOCC(COC(=O)CCCCCCCCCCC)OCCCCCCCCCCC. The molecule has 246 valence electrons. The van der Waals surface area contributed by atoms with Crippen molar-refractivity contribution in [1.29, 1.82) is 0 Å². The largest absolute Gasteiger partial charge is 0.463 e. The molecule has 4 nitrogen and oxygen atoms in total. The average molecular weight is 583 g/mol. The van der Waals surface area contributed by atoms with Crippen molar-refractivity contribution in [3.63, 3.8) is 0 Å². The fourth-order valence-electron chi connectivity index (χ4n) is 5.37. The van der Waals surface area contributed by atoms with E-state index in [0.717, 1.165) is 38.9 Å². The molecule has 0 heterocycles. The fraction of sp³-hybridized carbons (Fsp3) is 0.973. The van der Waals surface area contributed by atoms with Crippen LogP contribution in [0.3, 0.4) is 0 Å². The van der Waals surface area contributed by atoms with Gasteiger partial charge in [-0.1, -0.05) is 175 Å². The molecule has 0 aromatic rings. The minimum absolute atomic E-state index is 0.0800. The molecular weight excluding hydrogens is 508 g/mol. The maximum atomic E-state index is 12.3. The third-order valence-electron chi connectivity index (χ3n) is 8.21. The van der Waals surface area contributed by atoms with Crippen LogP contribution in [0.1, 0.15) is 201 Å². The maximum absolute atomic E-state index is 12.3. The van der Waals surface area contributed by atoms with Gasteiger partial charge in [0, 0.05) is 19.6 Å². The number of hydrogen-bond acceptors (Lipinski definition) is 4. The smallest absolute Gasteiger partial charge is 0.305 e. The van der Waals surface area contributed by atoms with Crippen molar-refractivity contribution in [3.8, 4) is 0 Å². The molecule has 0 saturated heterocycles. The summed E-state index contributed by atoms with van der Waals surface area (Å²) in [5, 5.41) is 0. The Balaban J connectivity index is 4.03. The van der Waals surface area contributed by atoms with Gasteiger partial charge in [0.2, 0.25) is 0 Å². The first-order valence-electron chi connectivity index (χ1n) is 18.6. The maximum Gasteiger partial charge on any atom is 0.305 e. The second kappa shape index (κ2) is 35.6. The molecule has 1 unspecified atom stereocenters. The molecule has 0 radical (unpaired) electrons. The van der Waals surface area contributed by atoms with E-state index in [1.807, 2.05) is 0 Å². The van der Waals surface area contributed by atoms with Crippen molar-refractivity contribution >= 4 is 5.97 Å². The Labute approximate surface area is 257 Å². The molecule has 0 saturated carbocycles. The van der Waals surface area contributed by atoms with Gasteiger partial charge in [-0.15, -0.1) is 0 Å². The van der Waals surface area contributed by atoms with Gasteiger partial charge >= 0.3 is 5.97 Å². The van der Waals surface area contributed by atoms with E-state index >= 15 is 0 Å². The van der Waals surface area contributed by atoms with Crippen molar-refractivity contribution in [3.05, 3.63) is 0 Å². The summed E-state index contributed by atoms with van der Waals surface area (Å²) in [6.07, 6.45) is 35.3. The molecule has 0 bridgehead atoms. The summed E-state index contributed by atoms with van der Waals surface area (Å²) >= 11 is 0. The van der Waals surface area contributed by atoms with Crippen molar-refractivity contribution < 1.29 is 19.0 Å². The van der Waals surface area contributed by atoms with Gasteiger partial charge in [0.15, 0.2) is 0 Å². The minimum Gasteiger partial charge on any atom is -0.463 e. The Kier molecular flexibility index (Phi) is 35.1. The number of ether oxygens (including phenoxy) is 3. The second-order valence-corrected chi connectivity index (χ2v) is 12.5. The lowest BCUT2D eigenvalue weighted by atomic mass is 10.1. The summed E-state index contributed by atoms with van der Waals surface area (Å²) in [4.78, 5) is 12.3. The van der Waals surface area contributed by atoms with Crippen molar-refractivity contribution in [1.82, 2.24) is 0 Å². The summed E-state index contributed by atoms with van der Waals surface area (Å²) in [6, 6.07) is 0. The van der Waals surface area contributed by atoms with Gasteiger partial charge in [0.25, 0.3) is 0 Å². The van der Waals surface area contributed by atoms with Gasteiger partial charge in [0.1, 0.15) is 12.7 Å². The van der Waals surface area contributed by atoms with Gasteiger partial charge in [-0.2, -0.15) is 0 Å².